The number of halogens is 2. The molecule has 19 heavy (non-hydrogen) atoms. The molecule has 0 radical (unpaired) electrons. The van der Waals surface area contributed by atoms with E-state index in [9.17, 15) is 9.59 Å². The molecule has 0 amide bonds. The molecule has 1 unspecified atom stereocenters. The predicted octanol–water partition coefficient (Wildman–Crippen LogP) is 3.25. The molecular weight excluding hydrogens is 334 g/mol. The second-order valence-corrected chi connectivity index (χ2v) is 5.79. The highest BCUT2D eigenvalue weighted by Gasteiger charge is 2.23. The molecule has 0 saturated carbocycles. The molecule has 0 bridgehead atoms. The van der Waals surface area contributed by atoms with E-state index in [1.54, 1.807) is 29.0 Å². The van der Waals surface area contributed by atoms with Crippen LogP contribution >= 0.6 is 27.5 Å². The number of hydrogen-bond donors (Lipinski definition) is 1. The van der Waals surface area contributed by atoms with Crippen LogP contribution in [0, 0.1) is 0 Å². The van der Waals surface area contributed by atoms with Crippen LogP contribution in [0.3, 0.4) is 0 Å². The van der Waals surface area contributed by atoms with Gasteiger partial charge in [0.05, 0.1) is 11.2 Å². The van der Waals surface area contributed by atoms with E-state index in [4.69, 9.17) is 16.7 Å². The summed E-state index contributed by atoms with van der Waals surface area (Å²) in [6.45, 7) is 0. The number of nitrogens with zero attached hydrogens (tertiary/aromatic N) is 1. The fourth-order valence-corrected chi connectivity index (χ4v) is 2.66. The maximum atomic E-state index is 12.2. The van der Waals surface area contributed by atoms with Gasteiger partial charge in [-0.3, -0.25) is 9.59 Å². The summed E-state index contributed by atoms with van der Waals surface area (Å²) in [5.41, 5.74) is 1.34. The molecule has 100 valence electrons. The van der Waals surface area contributed by atoms with Crippen LogP contribution in [-0.4, -0.2) is 26.3 Å². The number of benzene rings is 1. The first-order valence-electron chi connectivity index (χ1n) is 5.55. The van der Waals surface area contributed by atoms with E-state index in [1.165, 1.54) is 0 Å². The van der Waals surface area contributed by atoms with E-state index in [2.05, 4.69) is 15.9 Å². The van der Waals surface area contributed by atoms with Crippen LogP contribution in [0.5, 0.6) is 0 Å². The maximum absolute atomic E-state index is 12.2. The van der Waals surface area contributed by atoms with E-state index < -0.39 is 10.8 Å². The number of carboxylic acids is 1. The van der Waals surface area contributed by atoms with Crippen molar-refractivity contribution in [2.75, 3.05) is 0 Å². The highest BCUT2D eigenvalue weighted by atomic mass is 79.9. The summed E-state index contributed by atoms with van der Waals surface area (Å²) in [5.74, 6) is -1.26. The van der Waals surface area contributed by atoms with Gasteiger partial charge in [0.2, 0.25) is 0 Å². The minimum Gasteiger partial charge on any atom is -0.481 e. The molecule has 1 aromatic heterocycles. The molecule has 0 aliphatic heterocycles. The molecule has 6 heteroatoms. The Labute approximate surface area is 123 Å². The Balaban J connectivity index is 2.46. The van der Waals surface area contributed by atoms with Crippen molar-refractivity contribution in [3.8, 4) is 0 Å². The van der Waals surface area contributed by atoms with E-state index in [0.29, 0.717) is 10.6 Å². The normalized spacial score (nSPS) is 12.6. The molecule has 0 saturated heterocycles. The average molecular weight is 345 g/mol. The van der Waals surface area contributed by atoms with Crippen molar-refractivity contribution in [2.24, 2.45) is 7.05 Å². The molecule has 2 aromatic rings. The predicted molar refractivity (Wildman–Crippen MR) is 77.2 cm³/mol. The van der Waals surface area contributed by atoms with Crippen molar-refractivity contribution in [1.29, 1.82) is 0 Å². The lowest BCUT2D eigenvalue weighted by molar-refractivity contribution is -0.136. The van der Waals surface area contributed by atoms with E-state index >= 15 is 0 Å². The monoisotopic (exact) mass is 343 g/mol. The first kappa shape index (κ1) is 14.1. The highest BCUT2D eigenvalue weighted by molar-refractivity contribution is 9.10. The molecule has 4 nitrogen and oxygen atoms in total. The van der Waals surface area contributed by atoms with E-state index in [0.717, 1.165) is 10.9 Å². The first-order chi connectivity index (χ1) is 8.90. The standard InChI is InChI=1S/C13H11BrClNO3/c1-16-6-9(13(19)10(14)5-12(17)18)8-3-2-7(15)4-11(8)16/h2-4,6,10H,5H2,1H3,(H,17,18). The van der Waals surface area contributed by atoms with Crippen molar-refractivity contribution in [1.82, 2.24) is 4.57 Å². The number of carbonyl (C=O) groups excluding carboxylic acids is 1. The van der Waals surface area contributed by atoms with E-state index in [1.807, 2.05) is 7.05 Å². The Morgan fingerprint density at radius 2 is 2.16 bits per heavy atom. The third kappa shape index (κ3) is 2.82. The number of carbonyl (C=O) groups is 2. The van der Waals surface area contributed by atoms with Crippen LogP contribution in [0.1, 0.15) is 16.8 Å². The molecule has 0 aliphatic rings. The topological polar surface area (TPSA) is 59.3 Å². The van der Waals surface area contributed by atoms with Gasteiger partial charge in [-0.25, -0.2) is 0 Å². The van der Waals surface area contributed by atoms with Gasteiger partial charge in [0.25, 0.3) is 0 Å². The van der Waals surface area contributed by atoms with Crippen LogP contribution in [0.4, 0.5) is 0 Å². The SMILES string of the molecule is Cn1cc(C(=O)C(Br)CC(=O)O)c2ccc(Cl)cc21. The number of rotatable bonds is 4. The number of aromatic nitrogens is 1. The smallest absolute Gasteiger partial charge is 0.304 e. The average Bonchev–Trinajstić information content (AvgIpc) is 2.65. The highest BCUT2D eigenvalue weighted by Crippen LogP contribution is 2.26. The maximum Gasteiger partial charge on any atom is 0.304 e. The quantitative estimate of drug-likeness (QED) is 0.684. The van der Waals surface area contributed by atoms with Gasteiger partial charge in [0, 0.05) is 34.7 Å². The number of hydrogen-bond acceptors (Lipinski definition) is 2. The summed E-state index contributed by atoms with van der Waals surface area (Å²) in [4.78, 5) is 22.2. The fourth-order valence-electron chi connectivity index (χ4n) is 1.97. The Bertz CT molecular complexity index is 665. The van der Waals surface area contributed by atoms with Crippen LogP contribution < -0.4 is 0 Å². The molecule has 1 heterocycles. The number of alkyl halides is 1. The second kappa shape index (κ2) is 5.35. The van der Waals surface area contributed by atoms with Crippen molar-refractivity contribution >= 4 is 50.2 Å². The Morgan fingerprint density at radius 1 is 1.47 bits per heavy atom. The third-order valence-corrected chi connectivity index (χ3v) is 3.83. The lowest BCUT2D eigenvalue weighted by Crippen LogP contribution is -2.17. The van der Waals surface area contributed by atoms with Gasteiger partial charge in [0.1, 0.15) is 0 Å². The Morgan fingerprint density at radius 3 is 2.79 bits per heavy atom. The van der Waals surface area contributed by atoms with E-state index in [-0.39, 0.29) is 12.2 Å². The number of aryl methyl sites for hydroxylation is 1. The molecule has 1 atom stereocenters. The van der Waals surface area contributed by atoms with Gasteiger partial charge in [-0.1, -0.05) is 33.6 Å². The van der Waals surface area contributed by atoms with Crippen molar-refractivity contribution in [3.05, 3.63) is 35.0 Å². The summed E-state index contributed by atoms with van der Waals surface area (Å²) in [6, 6.07) is 5.25. The number of aliphatic carboxylic acids is 1. The second-order valence-electron chi connectivity index (χ2n) is 4.24. The number of Topliss-reactive ketones (excluding diaryl/α,β-unsaturated/α-hetero) is 1. The molecule has 1 N–H and O–H groups in total. The summed E-state index contributed by atoms with van der Waals surface area (Å²) >= 11 is 9.05. The van der Waals surface area contributed by atoms with Gasteiger partial charge in [-0.15, -0.1) is 0 Å². The summed E-state index contributed by atoms with van der Waals surface area (Å²) in [6.07, 6.45) is 1.45. The largest absolute Gasteiger partial charge is 0.481 e. The van der Waals surface area contributed by atoms with Gasteiger partial charge in [0.15, 0.2) is 5.78 Å². The number of ketones is 1. The molecule has 2 rings (SSSR count). The van der Waals surface area contributed by atoms with Crippen LogP contribution in [0.2, 0.25) is 5.02 Å². The summed E-state index contributed by atoms with van der Waals surface area (Å²) in [7, 11) is 1.82. The number of fused-ring (bicyclic) bond motifs is 1. The number of carboxylic acid groups (broad SMARTS) is 1. The lowest BCUT2D eigenvalue weighted by Gasteiger charge is -2.04. The third-order valence-electron chi connectivity index (χ3n) is 2.86. The van der Waals surface area contributed by atoms with Gasteiger partial charge >= 0.3 is 5.97 Å². The van der Waals surface area contributed by atoms with Crippen molar-refractivity contribution in [3.63, 3.8) is 0 Å². The molecule has 1 aromatic carbocycles. The zero-order valence-electron chi connectivity index (χ0n) is 10.1. The summed E-state index contributed by atoms with van der Waals surface area (Å²) in [5, 5.41) is 10.1. The minimum atomic E-state index is -1.02. The first-order valence-corrected chi connectivity index (χ1v) is 6.84. The minimum absolute atomic E-state index is 0.240. The molecule has 0 spiro atoms. The Hall–Kier alpha value is -1.33. The summed E-state index contributed by atoms with van der Waals surface area (Å²) < 4.78 is 1.80. The van der Waals surface area contributed by atoms with Gasteiger partial charge in [-0.05, 0) is 12.1 Å². The fraction of sp³-hybridized carbons (Fsp3) is 0.231. The molecular formula is C13H11BrClNO3. The van der Waals surface area contributed by atoms with Crippen molar-refractivity contribution in [2.45, 2.75) is 11.2 Å². The Kier molecular flexibility index (Phi) is 3.96. The zero-order valence-corrected chi connectivity index (χ0v) is 12.4. The van der Waals surface area contributed by atoms with Crippen LogP contribution in [0.25, 0.3) is 10.9 Å². The molecule has 0 aliphatic carbocycles. The lowest BCUT2D eigenvalue weighted by atomic mass is 10.1. The van der Waals surface area contributed by atoms with Gasteiger partial charge in [-0.2, -0.15) is 0 Å². The molecule has 0 fully saturated rings. The van der Waals surface area contributed by atoms with Crippen molar-refractivity contribution < 1.29 is 14.7 Å². The van der Waals surface area contributed by atoms with Crippen LogP contribution in [-0.2, 0) is 11.8 Å². The van der Waals surface area contributed by atoms with Gasteiger partial charge < -0.3 is 9.67 Å². The zero-order chi connectivity index (χ0) is 14.2. The van der Waals surface area contributed by atoms with Crippen LogP contribution in [0.15, 0.2) is 24.4 Å².